The van der Waals surface area contributed by atoms with Crippen LogP contribution in [0.2, 0.25) is 0 Å². The van der Waals surface area contributed by atoms with E-state index in [-0.39, 0.29) is 0 Å². The van der Waals surface area contributed by atoms with Crippen LogP contribution in [0.4, 0.5) is 0 Å². The molecule has 0 amide bonds. The van der Waals surface area contributed by atoms with E-state index in [4.69, 9.17) is 4.74 Å². The molecule has 1 aromatic carbocycles. The molecule has 0 aliphatic heterocycles. The molecule has 0 atom stereocenters. The number of methoxy groups -OCH3 is 1. The number of benzene rings is 1. The minimum atomic E-state index is 0.749. The molecule has 0 N–H and O–H groups in total. The quantitative estimate of drug-likeness (QED) is 0.837. The zero-order chi connectivity index (χ0) is 12.3. The van der Waals surface area contributed by atoms with Crippen molar-refractivity contribution in [3.63, 3.8) is 0 Å². The molecule has 1 aliphatic carbocycles. The summed E-state index contributed by atoms with van der Waals surface area (Å²) in [4.78, 5) is 2.46. The molecule has 1 aromatic rings. The van der Waals surface area contributed by atoms with Crippen molar-refractivity contribution in [2.45, 2.75) is 38.3 Å². The zero-order valence-electron chi connectivity index (χ0n) is 10.6. The van der Waals surface area contributed by atoms with Gasteiger partial charge in [0.2, 0.25) is 0 Å². The molecule has 0 unspecified atom stereocenters. The van der Waals surface area contributed by atoms with Crippen molar-refractivity contribution >= 4 is 15.9 Å². The average molecular weight is 298 g/mol. The van der Waals surface area contributed by atoms with E-state index < -0.39 is 0 Å². The Bertz CT molecular complexity index is 374. The van der Waals surface area contributed by atoms with Crippen LogP contribution in [-0.4, -0.2) is 25.1 Å². The van der Waals surface area contributed by atoms with Crippen LogP contribution in [0.3, 0.4) is 0 Å². The second-order valence-corrected chi connectivity index (χ2v) is 5.73. The highest BCUT2D eigenvalue weighted by molar-refractivity contribution is 9.10. The smallest absolute Gasteiger partial charge is 0.123 e. The second-order valence-electron chi connectivity index (χ2n) is 4.81. The molecule has 1 aliphatic rings. The minimum absolute atomic E-state index is 0.749. The number of ether oxygens (including phenoxy) is 1. The molecule has 0 heterocycles. The van der Waals surface area contributed by atoms with Crippen molar-refractivity contribution in [3.8, 4) is 5.75 Å². The van der Waals surface area contributed by atoms with E-state index in [1.54, 1.807) is 7.11 Å². The van der Waals surface area contributed by atoms with Crippen molar-refractivity contribution < 1.29 is 4.74 Å². The Hall–Kier alpha value is -0.540. The van der Waals surface area contributed by atoms with E-state index in [2.05, 4.69) is 33.9 Å². The van der Waals surface area contributed by atoms with Gasteiger partial charge in [-0.1, -0.05) is 28.8 Å². The maximum absolute atomic E-state index is 5.42. The lowest BCUT2D eigenvalue weighted by Gasteiger charge is -2.24. The first-order chi connectivity index (χ1) is 8.20. The number of rotatable bonds is 4. The third-order valence-corrected chi connectivity index (χ3v) is 4.10. The normalized spacial score (nSPS) is 16.7. The summed E-state index contributed by atoms with van der Waals surface area (Å²) in [5, 5.41) is 0. The summed E-state index contributed by atoms with van der Waals surface area (Å²) in [5.74, 6) is 0.984. The topological polar surface area (TPSA) is 12.5 Å². The van der Waals surface area contributed by atoms with Crippen LogP contribution in [-0.2, 0) is 6.54 Å². The molecule has 0 saturated heterocycles. The molecule has 2 rings (SSSR count). The fourth-order valence-electron chi connectivity index (χ4n) is 2.61. The summed E-state index contributed by atoms with van der Waals surface area (Å²) in [7, 11) is 3.96. The first-order valence-electron chi connectivity index (χ1n) is 6.23. The zero-order valence-corrected chi connectivity index (χ0v) is 12.2. The molecular weight excluding hydrogens is 278 g/mol. The number of halogens is 1. The molecule has 0 bridgehead atoms. The van der Waals surface area contributed by atoms with Gasteiger partial charge in [-0.25, -0.2) is 0 Å². The average Bonchev–Trinajstić information content (AvgIpc) is 2.83. The molecule has 1 fully saturated rings. The van der Waals surface area contributed by atoms with Crippen molar-refractivity contribution in [2.75, 3.05) is 14.2 Å². The molecule has 3 heteroatoms. The summed E-state index contributed by atoms with van der Waals surface area (Å²) in [6.07, 6.45) is 5.44. The lowest BCUT2D eigenvalue weighted by molar-refractivity contribution is 0.234. The maximum Gasteiger partial charge on any atom is 0.123 e. The van der Waals surface area contributed by atoms with Crippen molar-refractivity contribution in [2.24, 2.45) is 0 Å². The lowest BCUT2D eigenvalue weighted by atomic mass is 10.1. The van der Waals surface area contributed by atoms with E-state index in [1.807, 2.05) is 12.1 Å². The van der Waals surface area contributed by atoms with Crippen LogP contribution in [0.5, 0.6) is 5.75 Å². The predicted octanol–water partition coefficient (Wildman–Crippen LogP) is 3.83. The number of hydrogen-bond acceptors (Lipinski definition) is 2. The summed E-state index contributed by atoms with van der Waals surface area (Å²) in [6.45, 7) is 0.966. The Labute approximate surface area is 112 Å². The van der Waals surface area contributed by atoms with E-state index in [1.165, 1.54) is 31.2 Å². The van der Waals surface area contributed by atoms with Crippen LogP contribution >= 0.6 is 15.9 Å². The van der Waals surface area contributed by atoms with Crippen LogP contribution in [0.25, 0.3) is 0 Å². The van der Waals surface area contributed by atoms with E-state index >= 15 is 0 Å². The van der Waals surface area contributed by atoms with E-state index in [0.717, 1.165) is 22.8 Å². The van der Waals surface area contributed by atoms with Crippen LogP contribution in [0, 0.1) is 0 Å². The monoisotopic (exact) mass is 297 g/mol. The molecule has 17 heavy (non-hydrogen) atoms. The highest BCUT2D eigenvalue weighted by atomic mass is 79.9. The summed E-state index contributed by atoms with van der Waals surface area (Å²) >= 11 is 3.52. The van der Waals surface area contributed by atoms with Gasteiger partial charge >= 0.3 is 0 Å². The van der Waals surface area contributed by atoms with Gasteiger partial charge in [0.25, 0.3) is 0 Å². The SMILES string of the molecule is COc1ccc(Br)cc1CN(C)C1CCCC1. The Morgan fingerprint density at radius 2 is 2.06 bits per heavy atom. The van der Waals surface area contributed by atoms with Gasteiger partial charge in [0.05, 0.1) is 7.11 Å². The van der Waals surface area contributed by atoms with Crippen LogP contribution in [0.15, 0.2) is 22.7 Å². The van der Waals surface area contributed by atoms with Gasteiger partial charge in [0.15, 0.2) is 0 Å². The Balaban J connectivity index is 2.08. The molecule has 2 nitrogen and oxygen atoms in total. The second kappa shape index (κ2) is 5.87. The van der Waals surface area contributed by atoms with Gasteiger partial charge in [-0.2, -0.15) is 0 Å². The third-order valence-electron chi connectivity index (χ3n) is 3.61. The van der Waals surface area contributed by atoms with Crippen molar-refractivity contribution in [3.05, 3.63) is 28.2 Å². The van der Waals surface area contributed by atoms with Gasteiger partial charge in [-0.15, -0.1) is 0 Å². The molecule has 94 valence electrons. The Kier molecular flexibility index (Phi) is 4.46. The fraction of sp³-hybridized carbons (Fsp3) is 0.571. The van der Waals surface area contributed by atoms with Crippen LogP contribution in [0.1, 0.15) is 31.2 Å². The highest BCUT2D eigenvalue weighted by Gasteiger charge is 2.20. The Morgan fingerprint density at radius 1 is 1.35 bits per heavy atom. The highest BCUT2D eigenvalue weighted by Crippen LogP contribution is 2.28. The predicted molar refractivity (Wildman–Crippen MR) is 74.4 cm³/mol. The standard InChI is InChI=1S/C14H20BrNO/c1-16(13-5-3-4-6-13)10-11-9-12(15)7-8-14(11)17-2/h7-9,13H,3-6,10H2,1-2H3. The third kappa shape index (κ3) is 3.23. The van der Waals surface area contributed by atoms with Gasteiger partial charge in [0.1, 0.15) is 5.75 Å². The molecule has 0 radical (unpaired) electrons. The Morgan fingerprint density at radius 3 is 2.71 bits per heavy atom. The largest absolute Gasteiger partial charge is 0.496 e. The van der Waals surface area contributed by atoms with E-state index in [0.29, 0.717) is 0 Å². The van der Waals surface area contributed by atoms with Gasteiger partial charge < -0.3 is 4.74 Å². The summed E-state index contributed by atoms with van der Waals surface area (Å²) < 4.78 is 6.53. The van der Waals surface area contributed by atoms with Crippen molar-refractivity contribution in [1.29, 1.82) is 0 Å². The molecule has 0 spiro atoms. The molecule has 0 aromatic heterocycles. The van der Waals surface area contributed by atoms with E-state index in [9.17, 15) is 0 Å². The van der Waals surface area contributed by atoms with Gasteiger partial charge in [-0.3, -0.25) is 4.90 Å². The molecule has 1 saturated carbocycles. The van der Waals surface area contributed by atoms with Gasteiger partial charge in [0, 0.05) is 22.6 Å². The van der Waals surface area contributed by atoms with Crippen molar-refractivity contribution in [1.82, 2.24) is 4.90 Å². The summed E-state index contributed by atoms with van der Waals surface area (Å²) in [6, 6.07) is 6.96. The van der Waals surface area contributed by atoms with Crippen LogP contribution < -0.4 is 4.74 Å². The lowest BCUT2D eigenvalue weighted by Crippen LogP contribution is -2.28. The maximum atomic E-state index is 5.42. The minimum Gasteiger partial charge on any atom is -0.496 e. The van der Waals surface area contributed by atoms with Gasteiger partial charge in [-0.05, 0) is 38.1 Å². The summed E-state index contributed by atoms with van der Waals surface area (Å²) in [5.41, 5.74) is 1.26. The number of hydrogen-bond donors (Lipinski definition) is 0. The fourth-order valence-corrected chi connectivity index (χ4v) is 3.02. The molecular formula is C14H20BrNO. The first-order valence-corrected chi connectivity index (χ1v) is 7.02. The first kappa shape index (κ1) is 12.9. The number of nitrogens with zero attached hydrogens (tertiary/aromatic N) is 1.